The summed E-state index contributed by atoms with van der Waals surface area (Å²) in [5.74, 6) is -0.821. The standard InChI is InChI=1S/C27H30N2O5/c30-25(28-24(26(31)32)14-17-11-12-17)23(13-16-9-10-16)29-27(33)34-15-22-20-7-3-1-5-18(20)19-6-2-4-8-21(19)22/h1-8,16-17,22-24H,9-15H2,(H,28,30)(H,29,33)(H,31,32)/t23?,24-/m0/s1. The number of amides is 2. The second-order valence-electron chi connectivity index (χ2n) is 9.78. The third kappa shape index (κ3) is 5.08. The minimum absolute atomic E-state index is 0.0659. The molecule has 3 aliphatic carbocycles. The van der Waals surface area contributed by atoms with Crippen LogP contribution in [0.4, 0.5) is 4.79 Å². The van der Waals surface area contributed by atoms with Gasteiger partial charge in [-0.15, -0.1) is 0 Å². The Bertz CT molecular complexity index is 1050. The molecule has 2 fully saturated rings. The zero-order valence-corrected chi connectivity index (χ0v) is 19.0. The van der Waals surface area contributed by atoms with Gasteiger partial charge in [0.05, 0.1) is 0 Å². The smallest absolute Gasteiger partial charge is 0.407 e. The number of hydrogen-bond donors (Lipinski definition) is 3. The molecule has 2 atom stereocenters. The van der Waals surface area contributed by atoms with E-state index in [2.05, 4.69) is 34.9 Å². The van der Waals surface area contributed by atoms with Crippen LogP contribution in [0.25, 0.3) is 11.1 Å². The van der Waals surface area contributed by atoms with Crippen LogP contribution in [0.3, 0.4) is 0 Å². The summed E-state index contributed by atoms with van der Waals surface area (Å²) in [6, 6.07) is 14.5. The quantitative estimate of drug-likeness (QED) is 0.494. The minimum Gasteiger partial charge on any atom is -0.480 e. The second kappa shape index (κ2) is 9.49. The molecule has 0 heterocycles. The van der Waals surface area contributed by atoms with Crippen LogP contribution < -0.4 is 10.6 Å². The summed E-state index contributed by atoms with van der Waals surface area (Å²) in [7, 11) is 0. The van der Waals surface area contributed by atoms with E-state index in [1.54, 1.807) is 0 Å². The van der Waals surface area contributed by atoms with E-state index in [0.29, 0.717) is 24.7 Å². The van der Waals surface area contributed by atoms with Crippen molar-refractivity contribution in [3.05, 3.63) is 59.7 Å². The van der Waals surface area contributed by atoms with Crippen molar-refractivity contribution in [1.29, 1.82) is 0 Å². The van der Waals surface area contributed by atoms with Crippen LogP contribution >= 0.6 is 0 Å². The van der Waals surface area contributed by atoms with Crippen molar-refractivity contribution in [1.82, 2.24) is 10.6 Å². The van der Waals surface area contributed by atoms with E-state index >= 15 is 0 Å². The van der Waals surface area contributed by atoms with Crippen molar-refractivity contribution in [2.24, 2.45) is 11.8 Å². The molecule has 0 aliphatic heterocycles. The van der Waals surface area contributed by atoms with E-state index in [4.69, 9.17) is 4.74 Å². The number of ether oxygens (including phenoxy) is 1. The number of carbonyl (C=O) groups excluding carboxylic acids is 2. The lowest BCUT2D eigenvalue weighted by Gasteiger charge is -2.22. The number of alkyl carbamates (subject to hydrolysis) is 1. The normalized spacial score (nSPS) is 18.4. The number of carbonyl (C=O) groups is 3. The highest BCUT2D eigenvalue weighted by Crippen LogP contribution is 2.44. The van der Waals surface area contributed by atoms with Crippen LogP contribution in [0.5, 0.6) is 0 Å². The Balaban J connectivity index is 1.22. The molecule has 2 aromatic carbocycles. The van der Waals surface area contributed by atoms with E-state index in [-0.39, 0.29) is 12.5 Å². The first kappa shape index (κ1) is 22.4. The maximum atomic E-state index is 12.9. The van der Waals surface area contributed by atoms with Gasteiger partial charge in [-0.2, -0.15) is 0 Å². The molecule has 0 aromatic heterocycles. The van der Waals surface area contributed by atoms with Crippen molar-refractivity contribution in [3.63, 3.8) is 0 Å². The van der Waals surface area contributed by atoms with Gasteiger partial charge in [0.15, 0.2) is 0 Å². The van der Waals surface area contributed by atoms with Gasteiger partial charge in [-0.05, 0) is 46.9 Å². The van der Waals surface area contributed by atoms with Crippen molar-refractivity contribution in [3.8, 4) is 11.1 Å². The molecule has 7 nitrogen and oxygen atoms in total. The molecule has 2 saturated carbocycles. The predicted molar refractivity (Wildman–Crippen MR) is 126 cm³/mol. The number of rotatable bonds is 10. The number of carboxylic acid groups (broad SMARTS) is 1. The fourth-order valence-electron chi connectivity index (χ4n) is 4.88. The largest absolute Gasteiger partial charge is 0.480 e. The molecular weight excluding hydrogens is 432 g/mol. The Morgan fingerprint density at radius 3 is 1.88 bits per heavy atom. The average Bonchev–Trinajstić information content (AvgIpc) is 3.76. The average molecular weight is 463 g/mol. The number of hydrogen-bond acceptors (Lipinski definition) is 4. The SMILES string of the molecule is O=C(NC(CC1CC1)C(=O)N[C@@H](CC1CC1)C(=O)O)OCC1c2ccccc2-c2ccccc21. The summed E-state index contributed by atoms with van der Waals surface area (Å²) < 4.78 is 5.60. The second-order valence-corrected chi connectivity index (χ2v) is 9.78. The number of fused-ring (bicyclic) bond motifs is 3. The zero-order chi connectivity index (χ0) is 23.7. The molecular formula is C27H30N2O5. The highest BCUT2D eigenvalue weighted by Gasteiger charge is 2.35. The monoisotopic (exact) mass is 462 g/mol. The fourth-order valence-corrected chi connectivity index (χ4v) is 4.88. The fraction of sp³-hybridized carbons (Fsp3) is 0.444. The maximum Gasteiger partial charge on any atom is 0.407 e. The Kier molecular flexibility index (Phi) is 6.26. The molecule has 34 heavy (non-hydrogen) atoms. The summed E-state index contributed by atoms with van der Waals surface area (Å²) in [5.41, 5.74) is 4.53. The number of benzene rings is 2. The Morgan fingerprint density at radius 2 is 1.35 bits per heavy atom. The Morgan fingerprint density at radius 1 is 0.824 bits per heavy atom. The van der Waals surface area contributed by atoms with Crippen molar-refractivity contribution in [2.75, 3.05) is 6.61 Å². The lowest BCUT2D eigenvalue weighted by Crippen LogP contribution is -2.52. The van der Waals surface area contributed by atoms with E-state index in [9.17, 15) is 19.5 Å². The van der Waals surface area contributed by atoms with Gasteiger partial charge in [0.1, 0.15) is 18.7 Å². The van der Waals surface area contributed by atoms with Crippen molar-refractivity contribution < 1.29 is 24.2 Å². The van der Waals surface area contributed by atoms with Gasteiger partial charge in [0, 0.05) is 5.92 Å². The molecule has 3 aliphatic rings. The third-order valence-electron chi connectivity index (χ3n) is 7.10. The first-order valence-corrected chi connectivity index (χ1v) is 12.1. The Labute approximate surface area is 198 Å². The summed E-state index contributed by atoms with van der Waals surface area (Å²) in [6.07, 6.45) is 4.30. The molecule has 0 saturated heterocycles. The van der Waals surface area contributed by atoms with Gasteiger partial charge in [-0.1, -0.05) is 74.2 Å². The van der Waals surface area contributed by atoms with Gasteiger partial charge in [0.2, 0.25) is 5.91 Å². The van der Waals surface area contributed by atoms with Gasteiger partial charge in [-0.3, -0.25) is 4.79 Å². The van der Waals surface area contributed by atoms with E-state index in [0.717, 1.165) is 47.9 Å². The number of carboxylic acids is 1. The summed E-state index contributed by atoms with van der Waals surface area (Å²) in [5, 5.41) is 14.8. The minimum atomic E-state index is -1.04. The van der Waals surface area contributed by atoms with Gasteiger partial charge in [0.25, 0.3) is 0 Å². The number of aliphatic carboxylic acids is 1. The lowest BCUT2D eigenvalue weighted by atomic mass is 9.98. The topological polar surface area (TPSA) is 105 Å². The van der Waals surface area contributed by atoms with Crippen LogP contribution in [0.15, 0.2) is 48.5 Å². The lowest BCUT2D eigenvalue weighted by molar-refractivity contribution is -0.142. The van der Waals surface area contributed by atoms with Crippen LogP contribution in [0.1, 0.15) is 55.6 Å². The first-order valence-electron chi connectivity index (χ1n) is 12.1. The summed E-state index contributed by atoms with van der Waals surface area (Å²) in [6.45, 7) is 0.164. The first-order chi connectivity index (χ1) is 16.5. The molecule has 0 radical (unpaired) electrons. The molecule has 0 spiro atoms. The molecule has 178 valence electrons. The van der Waals surface area contributed by atoms with Crippen LogP contribution in [-0.2, 0) is 14.3 Å². The molecule has 1 unspecified atom stereocenters. The van der Waals surface area contributed by atoms with Gasteiger partial charge >= 0.3 is 12.1 Å². The molecule has 0 bridgehead atoms. The van der Waals surface area contributed by atoms with E-state index < -0.39 is 30.1 Å². The van der Waals surface area contributed by atoms with Gasteiger partial charge in [-0.25, -0.2) is 9.59 Å². The molecule has 3 N–H and O–H groups in total. The molecule has 7 heteroatoms. The highest BCUT2D eigenvalue weighted by molar-refractivity contribution is 5.89. The van der Waals surface area contributed by atoms with E-state index in [1.165, 1.54) is 0 Å². The van der Waals surface area contributed by atoms with Crippen LogP contribution in [-0.4, -0.2) is 41.8 Å². The third-order valence-corrected chi connectivity index (χ3v) is 7.10. The Hall–Kier alpha value is -3.35. The predicted octanol–water partition coefficient (Wildman–Crippen LogP) is 4.06. The van der Waals surface area contributed by atoms with Gasteiger partial charge < -0.3 is 20.5 Å². The molecule has 2 amide bonds. The van der Waals surface area contributed by atoms with E-state index in [1.807, 2.05) is 24.3 Å². The van der Waals surface area contributed by atoms with Crippen molar-refractivity contribution in [2.45, 2.75) is 56.5 Å². The summed E-state index contributed by atoms with van der Waals surface area (Å²) in [4.78, 5) is 37.2. The maximum absolute atomic E-state index is 12.9. The zero-order valence-electron chi connectivity index (χ0n) is 19.0. The highest BCUT2D eigenvalue weighted by atomic mass is 16.5. The number of nitrogens with one attached hydrogen (secondary N) is 2. The van der Waals surface area contributed by atoms with Crippen LogP contribution in [0, 0.1) is 11.8 Å². The van der Waals surface area contributed by atoms with Crippen LogP contribution in [0.2, 0.25) is 0 Å². The molecule has 2 aromatic rings. The molecule has 5 rings (SSSR count). The van der Waals surface area contributed by atoms with Crippen molar-refractivity contribution >= 4 is 18.0 Å². The summed E-state index contributed by atoms with van der Waals surface area (Å²) >= 11 is 0.